The first kappa shape index (κ1) is 32.5. The Bertz CT molecular complexity index is 1690. The van der Waals surface area contributed by atoms with Gasteiger partial charge in [0, 0.05) is 36.6 Å². The van der Waals surface area contributed by atoms with Gasteiger partial charge in [-0.05, 0) is 24.0 Å². The average Bonchev–Trinajstić information content (AvgIpc) is 3.39. The minimum atomic E-state index is -4.98. The molecular formula is C33H32F6N6O2. The van der Waals surface area contributed by atoms with Gasteiger partial charge in [0.05, 0.1) is 5.69 Å². The van der Waals surface area contributed by atoms with Gasteiger partial charge in [0.15, 0.2) is 0 Å². The van der Waals surface area contributed by atoms with Crippen LogP contribution in [0.4, 0.5) is 38.0 Å². The van der Waals surface area contributed by atoms with Crippen LogP contribution >= 0.6 is 0 Å². The zero-order valence-electron chi connectivity index (χ0n) is 25.4. The van der Waals surface area contributed by atoms with Crippen molar-refractivity contribution in [3.63, 3.8) is 0 Å². The largest absolute Gasteiger partial charge is 0.433 e. The van der Waals surface area contributed by atoms with Crippen molar-refractivity contribution in [1.29, 1.82) is 0 Å². The number of hydrogen-bond donors (Lipinski definition) is 2. The molecule has 0 bridgehead atoms. The predicted octanol–water partition coefficient (Wildman–Crippen LogP) is 6.80. The van der Waals surface area contributed by atoms with E-state index in [1.807, 2.05) is 24.3 Å². The Morgan fingerprint density at radius 2 is 1.47 bits per heavy atom. The molecule has 0 spiro atoms. The van der Waals surface area contributed by atoms with Crippen LogP contribution in [0, 0.1) is 0 Å². The summed E-state index contributed by atoms with van der Waals surface area (Å²) in [7, 11) is 0. The molecule has 0 radical (unpaired) electrons. The number of hydrogen-bond acceptors (Lipinski definition) is 6. The number of nitrogens with zero attached hydrogens (tertiary/aromatic N) is 5. The van der Waals surface area contributed by atoms with Crippen molar-refractivity contribution in [3.05, 3.63) is 101 Å². The second-order valence-corrected chi connectivity index (χ2v) is 12.2. The number of anilines is 2. The number of aliphatic hydroxyl groups is 1. The Morgan fingerprint density at radius 3 is 1.98 bits per heavy atom. The lowest BCUT2D eigenvalue weighted by Gasteiger charge is -2.35. The van der Waals surface area contributed by atoms with E-state index in [2.05, 4.69) is 15.3 Å². The fourth-order valence-electron chi connectivity index (χ4n) is 6.37. The lowest BCUT2D eigenvalue weighted by molar-refractivity contribution is -0.177. The minimum absolute atomic E-state index is 0.0374. The van der Waals surface area contributed by atoms with Crippen LogP contribution in [-0.2, 0) is 11.0 Å². The fraction of sp³-hybridized carbons (Fsp3) is 0.394. The number of nitrogens with one attached hydrogen (secondary N) is 1. The van der Waals surface area contributed by atoms with Crippen LogP contribution in [0.3, 0.4) is 0 Å². The number of halogens is 6. The molecule has 2 aromatic heterocycles. The van der Waals surface area contributed by atoms with E-state index in [1.54, 1.807) is 55.1 Å². The highest BCUT2D eigenvalue weighted by molar-refractivity contribution is 5.97. The van der Waals surface area contributed by atoms with E-state index < -0.39 is 47.9 Å². The zero-order chi connectivity index (χ0) is 33.7. The summed E-state index contributed by atoms with van der Waals surface area (Å²) in [6, 6.07) is 18.2. The number of aliphatic hydroxyl groups excluding tert-OH is 1. The molecule has 4 heterocycles. The molecule has 1 fully saturated rings. The summed E-state index contributed by atoms with van der Waals surface area (Å²) in [6.45, 7) is 3.75. The summed E-state index contributed by atoms with van der Waals surface area (Å²) < 4.78 is 86.4. The van der Waals surface area contributed by atoms with Crippen LogP contribution in [0.1, 0.15) is 84.4 Å². The first-order chi connectivity index (χ1) is 22.2. The number of carbonyl (C=O) groups excluding carboxylic acids is 1. The second-order valence-electron chi connectivity index (χ2n) is 12.2. The lowest BCUT2D eigenvalue weighted by Crippen LogP contribution is -2.45. The molecule has 4 aromatic rings. The van der Waals surface area contributed by atoms with E-state index in [0.717, 1.165) is 6.07 Å². The number of benzene rings is 2. The van der Waals surface area contributed by atoms with Crippen LogP contribution in [0.2, 0.25) is 0 Å². The SMILES string of the molecule is CC(C)c1nc(N2CCC(c3nn(C(c4ccccc4)c4ccccc4)c4c3[C@H](C(F)(F)F)[C@@H](O)C(=O)N4)CC2)cc(C(F)(F)F)n1. The predicted molar refractivity (Wildman–Crippen MR) is 161 cm³/mol. The van der Waals surface area contributed by atoms with Gasteiger partial charge in [0.25, 0.3) is 5.91 Å². The highest BCUT2D eigenvalue weighted by Gasteiger charge is 2.55. The molecule has 14 heteroatoms. The zero-order valence-corrected chi connectivity index (χ0v) is 25.4. The number of alkyl halides is 6. The molecule has 2 atom stereocenters. The summed E-state index contributed by atoms with van der Waals surface area (Å²) in [6.07, 6.45) is -11.6. The first-order valence-electron chi connectivity index (χ1n) is 15.2. The smallest absolute Gasteiger partial charge is 0.382 e. The summed E-state index contributed by atoms with van der Waals surface area (Å²) in [5.41, 5.74) is 0.133. The molecule has 2 aliphatic rings. The summed E-state index contributed by atoms with van der Waals surface area (Å²) in [5, 5.41) is 17.9. The van der Waals surface area contributed by atoms with Gasteiger partial charge in [0.1, 0.15) is 41.2 Å². The maximum atomic E-state index is 14.7. The second kappa shape index (κ2) is 12.3. The van der Waals surface area contributed by atoms with Gasteiger partial charge in [-0.25, -0.2) is 14.6 Å². The van der Waals surface area contributed by atoms with E-state index >= 15 is 0 Å². The van der Waals surface area contributed by atoms with Crippen LogP contribution < -0.4 is 10.2 Å². The Morgan fingerprint density at radius 1 is 0.894 bits per heavy atom. The Balaban J connectivity index is 1.43. The van der Waals surface area contributed by atoms with Gasteiger partial charge in [-0.3, -0.25) is 4.79 Å². The van der Waals surface area contributed by atoms with E-state index in [-0.39, 0.29) is 60.6 Å². The van der Waals surface area contributed by atoms with Crippen molar-refractivity contribution in [2.45, 2.75) is 68.9 Å². The minimum Gasteiger partial charge on any atom is -0.382 e. The normalized spacial score (nSPS) is 19.3. The Labute approximate surface area is 266 Å². The molecule has 1 amide bonds. The van der Waals surface area contributed by atoms with Crippen LogP contribution in [-0.4, -0.2) is 56.1 Å². The Hall–Kier alpha value is -4.46. The van der Waals surface area contributed by atoms with Gasteiger partial charge >= 0.3 is 12.4 Å². The topological polar surface area (TPSA) is 96.2 Å². The molecule has 2 aromatic carbocycles. The third-order valence-electron chi connectivity index (χ3n) is 8.68. The van der Waals surface area contributed by atoms with E-state index in [4.69, 9.17) is 5.10 Å². The Kier molecular flexibility index (Phi) is 8.49. The van der Waals surface area contributed by atoms with Crippen LogP contribution in [0.15, 0.2) is 66.7 Å². The van der Waals surface area contributed by atoms with E-state index in [1.165, 1.54) is 4.68 Å². The highest BCUT2D eigenvalue weighted by atomic mass is 19.4. The third kappa shape index (κ3) is 6.30. The molecule has 1 saturated heterocycles. The summed E-state index contributed by atoms with van der Waals surface area (Å²) >= 11 is 0. The van der Waals surface area contributed by atoms with Gasteiger partial charge in [-0.15, -0.1) is 0 Å². The molecular weight excluding hydrogens is 626 g/mol. The average molecular weight is 659 g/mol. The number of amides is 1. The number of fused-ring (bicyclic) bond motifs is 1. The summed E-state index contributed by atoms with van der Waals surface area (Å²) in [4.78, 5) is 22.5. The maximum absolute atomic E-state index is 14.7. The first-order valence-corrected chi connectivity index (χ1v) is 15.2. The molecule has 6 rings (SSSR count). The molecule has 0 unspecified atom stereocenters. The molecule has 8 nitrogen and oxygen atoms in total. The van der Waals surface area contributed by atoms with Crippen molar-refractivity contribution in [2.24, 2.45) is 0 Å². The van der Waals surface area contributed by atoms with Crippen LogP contribution in [0.5, 0.6) is 0 Å². The molecule has 2 aliphatic heterocycles. The lowest BCUT2D eigenvalue weighted by atomic mass is 9.82. The van der Waals surface area contributed by atoms with Gasteiger partial charge in [0.2, 0.25) is 0 Å². The maximum Gasteiger partial charge on any atom is 0.433 e. The van der Waals surface area contributed by atoms with E-state index in [0.29, 0.717) is 11.1 Å². The van der Waals surface area contributed by atoms with Crippen molar-refractivity contribution >= 4 is 17.5 Å². The van der Waals surface area contributed by atoms with E-state index in [9.17, 15) is 36.2 Å². The summed E-state index contributed by atoms with van der Waals surface area (Å²) in [5.74, 6) is -4.66. The number of aromatic nitrogens is 4. The highest BCUT2D eigenvalue weighted by Crippen LogP contribution is 2.49. The molecule has 248 valence electrons. The van der Waals surface area contributed by atoms with Gasteiger partial charge < -0.3 is 15.3 Å². The molecule has 0 saturated carbocycles. The quantitative estimate of drug-likeness (QED) is 0.222. The van der Waals surface area contributed by atoms with Crippen LogP contribution in [0.25, 0.3) is 0 Å². The molecule has 47 heavy (non-hydrogen) atoms. The monoisotopic (exact) mass is 658 g/mol. The van der Waals surface area contributed by atoms with Gasteiger partial charge in [-0.1, -0.05) is 74.5 Å². The molecule has 0 aliphatic carbocycles. The van der Waals surface area contributed by atoms with Crippen molar-refractivity contribution in [1.82, 2.24) is 19.7 Å². The van der Waals surface area contributed by atoms with Crippen molar-refractivity contribution < 1.29 is 36.2 Å². The molecule has 2 N–H and O–H groups in total. The van der Waals surface area contributed by atoms with Gasteiger partial charge in [-0.2, -0.15) is 31.4 Å². The number of piperidine rings is 1. The standard InChI is InChI=1S/C33H32F6N6O2/c1-18(2)29-40-22(32(34,35)36)17-23(41-29)44-15-13-19(14-16-44)26-24-25(33(37,38)39)28(46)31(47)42-30(24)45(43-26)27(20-9-5-3-6-10-20)21-11-7-4-8-12-21/h3-12,17-19,25,27-28,46H,13-16H2,1-2H3,(H,42,47)/t25-,28+/m0/s1. The fourth-order valence-corrected chi connectivity index (χ4v) is 6.37. The van der Waals surface area contributed by atoms with Crippen molar-refractivity contribution in [3.8, 4) is 0 Å². The number of rotatable bonds is 6. The third-order valence-corrected chi connectivity index (χ3v) is 8.68. The van der Waals surface area contributed by atoms with Crippen molar-refractivity contribution in [2.75, 3.05) is 23.3 Å². The number of carbonyl (C=O) groups is 1.